The zero-order chi connectivity index (χ0) is 38.1. The Kier molecular flexibility index (Phi) is 13.2. The van der Waals surface area contributed by atoms with Gasteiger partial charge in [-0.2, -0.15) is 0 Å². The summed E-state index contributed by atoms with van der Waals surface area (Å²) in [5.74, 6) is -3.17. The number of ether oxygens (including phenoxy) is 1. The van der Waals surface area contributed by atoms with Crippen LogP contribution in [0.3, 0.4) is 0 Å². The van der Waals surface area contributed by atoms with Crippen LogP contribution in [0.2, 0.25) is 0 Å². The number of hydrogen-bond donors (Lipinski definition) is 4. The van der Waals surface area contributed by atoms with Crippen LogP contribution in [0.25, 0.3) is 0 Å². The number of Topliss-reactive ketones (excluding diaryl/α,β-unsaturated/α-hetero) is 1. The predicted octanol–water partition coefficient (Wildman–Crippen LogP) is 2.87. The first kappa shape index (κ1) is 39.3. The highest BCUT2D eigenvalue weighted by atomic mass is 16.5. The summed E-state index contributed by atoms with van der Waals surface area (Å²) in [5.41, 5.74) is -0.746. The Labute approximate surface area is 311 Å². The minimum absolute atomic E-state index is 0.0224. The lowest BCUT2D eigenvalue weighted by atomic mass is 9.82. The second kappa shape index (κ2) is 17.8. The van der Waals surface area contributed by atoms with Crippen molar-refractivity contribution < 1.29 is 33.5 Å². The highest BCUT2D eigenvalue weighted by molar-refractivity contribution is 6.38. The molecule has 2 saturated carbocycles. The molecule has 0 radical (unpaired) electrons. The van der Waals surface area contributed by atoms with E-state index in [1.54, 1.807) is 12.1 Å². The van der Waals surface area contributed by atoms with Crippen molar-refractivity contribution in [1.82, 2.24) is 36.1 Å². The zero-order valence-corrected chi connectivity index (χ0v) is 31.1. The molecule has 2 aromatic rings. The van der Waals surface area contributed by atoms with Gasteiger partial charge in [-0.05, 0) is 55.6 Å². The number of ketones is 1. The number of rotatable bonds is 15. The number of aromatic nitrogens is 2. The monoisotopic (exact) mass is 731 g/mol. The van der Waals surface area contributed by atoms with Crippen LogP contribution in [0.5, 0.6) is 5.75 Å². The summed E-state index contributed by atoms with van der Waals surface area (Å²) in [7, 11) is 0. The Morgan fingerprint density at radius 2 is 1.64 bits per heavy atom. The Hall–Kier alpha value is -4.88. The molecular formula is C39H53N7O7. The van der Waals surface area contributed by atoms with E-state index in [1.807, 2.05) is 45.9 Å². The average Bonchev–Trinajstić information content (AvgIpc) is 3.87. The van der Waals surface area contributed by atoms with E-state index in [2.05, 4.69) is 31.2 Å². The fourth-order valence-electron chi connectivity index (χ4n) is 7.08. The molecule has 53 heavy (non-hydrogen) atoms. The van der Waals surface area contributed by atoms with Gasteiger partial charge in [-0.15, -0.1) is 0 Å². The number of para-hydroxylation sites is 1. The van der Waals surface area contributed by atoms with Gasteiger partial charge in [0, 0.05) is 24.9 Å². The smallest absolute Gasteiger partial charge is 0.289 e. The molecule has 3 aliphatic rings. The van der Waals surface area contributed by atoms with Crippen LogP contribution in [-0.2, 0) is 24.0 Å². The lowest BCUT2D eigenvalue weighted by Gasteiger charge is -2.37. The molecule has 5 amide bonds. The maximum Gasteiger partial charge on any atom is 0.289 e. The largest absolute Gasteiger partial charge is 0.488 e. The molecule has 1 aromatic carbocycles. The van der Waals surface area contributed by atoms with Gasteiger partial charge in [0.1, 0.15) is 35.7 Å². The molecule has 1 aromatic heterocycles. The Bertz CT molecular complexity index is 1610. The molecule has 2 aliphatic carbocycles. The van der Waals surface area contributed by atoms with E-state index in [0.717, 1.165) is 44.9 Å². The van der Waals surface area contributed by atoms with E-state index >= 15 is 0 Å². The molecule has 4 N–H and O–H groups in total. The summed E-state index contributed by atoms with van der Waals surface area (Å²) in [4.78, 5) is 91.6. The van der Waals surface area contributed by atoms with Gasteiger partial charge in [-0.3, -0.25) is 33.8 Å². The number of benzene rings is 1. The zero-order valence-electron chi connectivity index (χ0n) is 31.1. The van der Waals surface area contributed by atoms with E-state index in [-0.39, 0.29) is 37.0 Å². The highest BCUT2D eigenvalue weighted by Gasteiger charge is 2.47. The van der Waals surface area contributed by atoms with E-state index < -0.39 is 71.0 Å². The number of carbonyl (C=O) groups is 6. The molecule has 14 heteroatoms. The molecule has 0 bridgehead atoms. The van der Waals surface area contributed by atoms with Gasteiger partial charge in [0.25, 0.3) is 11.8 Å². The molecular weight excluding hydrogens is 678 g/mol. The van der Waals surface area contributed by atoms with Crippen LogP contribution in [-0.4, -0.2) is 93.0 Å². The third kappa shape index (κ3) is 10.6. The number of hydrogen-bond acceptors (Lipinski definition) is 9. The number of nitrogens with one attached hydrogen (secondary N) is 4. The van der Waals surface area contributed by atoms with Crippen LogP contribution < -0.4 is 26.0 Å². The Balaban J connectivity index is 1.39. The van der Waals surface area contributed by atoms with Crippen molar-refractivity contribution in [2.24, 2.45) is 11.3 Å². The average molecular weight is 732 g/mol. The van der Waals surface area contributed by atoms with E-state index in [4.69, 9.17) is 4.74 Å². The normalized spacial score (nSPS) is 20.7. The first-order valence-electron chi connectivity index (χ1n) is 18.9. The summed E-state index contributed by atoms with van der Waals surface area (Å²) in [6, 6.07) is 4.89. The molecule has 286 valence electrons. The van der Waals surface area contributed by atoms with Crippen molar-refractivity contribution in [3.63, 3.8) is 0 Å². The fraction of sp³-hybridized carbons (Fsp3) is 0.590. The molecule has 5 rings (SSSR count). The highest BCUT2D eigenvalue weighted by Crippen LogP contribution is 2.30. The molecule has 3 fully saturated rings. The Morgan fingerprint density at radius 3 is 2.26 bits per heavy atom. The van der Waals surface area contributed by atoms with Crippen LogP contribution in [0.15, 0.2) is 48.9 Å². The van der Waals surface area contributed by atoms with Crippen molar-refractivity contribution in [2.75, 3.05) is 6.54 Å². The van der Waals surface area contributed by atoms with Crippen LogP contribution in [0, 0.1) is 11.3 Å². The van der Waals surface area contributed by atoms with Crippen molar-refractivity contribution in [3.8, 4) is 5.75 Å². The van der Waals surface area contributed by atoms with Gasteiger partial charge in [-0.1, -0.05) is 71.6 Å². The fourth-order valence-corrected chi connectivity index (χ4v) is 7.08. The molecule has 5 atom stereocenters. The standard InChI is InChI=1S/C39H53N7O7/c1-5-12-28(32(47)37(51)42-25-17-18-25)43-35(49)30-21-27(53-26-15-10-7-11-16-26)23-46(30)38(52)33(39(2,3)4)45-36(50)31(24-13-8-6-9-14-24)44-34(48)29-22-40-19-20-41-29/h7,10-11,15-16,19-20,22,24-25,27-28,30-31,33H,5-6,8-9,12-14,17-18,21,23H2,1-4H3,(H,42,51)(H,43,49)(H,44,48)(H,45,50)/t27-,28?,30+,31?,33-/m1/s1. The lowest BCUT2D eigenvalue weighted by Crippen LogP contribution is -2.62. The molecule has 1 aliphatic heterocycles. The van der Waals surface area contributed by atoms with Crippen molar-refractivity contribution in [1.29, 1.82) is 0 Å². The van der Waals surface area contributed by atoms with Gasteiger partial charge in [0.15, 0.2) is 0 Å². The summed E-state index contributed by atoms with van der Waals surface area (Å²) < 4.78 is 6.22. The summed E-state index contributed by atoms with van der Waals surface area (Å²) >= 11 is 0. The summed E-state index contributed by atoms with van der Waals surface area (Å²) in [6.07, 6.45) is 10.5. The molecule has 2 heterocycles. The maximum absolute atomic E-state index is 14.7. The van der Waals surface area contributed by atoms with Gasteiger partial charge in [0.2, 0.25) is 23.5 Å². The van der Waals surface area contributed by atoms with E-state index in [1.165, 1.54) is 23.5 Å². The SMILES string of the molecule is CCCC(NC(=O)[C@@H]1C[C@@H](Oc2ccccc2)CN1C(=O)[C@@H](NC(=O)C(NC(=O)c1cnccn1)C1CCCCC1)C(C)(C)C)C(=O)C(=O)NC1CC1. The Morgan fingerprint density at radius 1 is 0.925 bits per heavy atom. The predicted molar refractivity (Wildman–Crippen MR) is 195 cm³/mol. The van der Waals surface area contributed by atoms with Gasteiger partial charge in [-0.25, -0.2) is 4.98 Å². The number of nitrogens with zero attached hydrogens (tertiary/aromatic N) is 3. The molecule has 0 spiro atoms. The van der Waals surface area contributed by atoms with Crippen molar-refractivity contribution >= 4 is 35.3 Å². The maximum atomic E-state index is 14.7. The van der Waals surface area contributed by atoms with Gasteiger partial charge < -0.3 is 30.9 Å². The summed E-state index contributed by atoms with van der Waals surface area (Å²) in [6.45, 7) is 7.36. The van der Waals surface area contributed by atoms with Crippen molar-refractivity contribution in [2.45, 2.75) is 128 Å². The van der Waals surface area contributed by atoms with Gasteiger partial charge >= 0.3 is 0 Å². The minimum atomic E-state index is -1.10. The quantitative estimate of drug-likeness (QED) is 0.200. The second-order valence-electron chi connectivity index (χ2n) is 15.5. The van der Waals surface area contributed by atoms with Crippen LogP contribution in [0.1, 0.15) is 102 Å². The van der Waals surface area contributed by atoms with Crippen LogP contribution in [0.4, 0.5) is 0 Å². The minimum Gasteiger partial charge on any atom is -0.488 e. The number of amides is 5. The molecule has 14 nitrogen and oxygen atoms in total. The topological polar surface area (TPSA) is 189 Å². The number of likely N-dealkylation sites (tertiary alicyclic amines) is 1. The number of carbonyl (C=O) groups excluding carboxylic acids is 6. The van der Waals surface area contributed by atoms with E-state index in [9.17, 15) is 28.8 Å². The first-order chi connectivity index (χ1) is 25.3. The van der Waals surface area contributed by atoms with E-state index in [0.29, 0.717) is 12.2 Å². The van der Waals surface area contributed by atoms with Gasteiger partial charge in [0.05, 0.1) is 18.8 Å². The first-order valence-corrected chi connectivity index (χ1v) is 18.9. The van der Waals surface area contributed by atoms with Crippen LogP contribution >= 0.6 is 0 Å². The van der Waals surface area contributed by atoms with Crippen molar-refractivity contribution in [3.05, 3.63) is 54.6 Å². The third-order valence-electron chi connectivity index (χ3n) is 10.1. The molecule has 2 unspecified atom stereocenters. The second-order valence-corrected chi connectivity index (χ2v) is 15.5. The molecule has 1 saturated heterocycles. The third-order valence-corrected chi connectivity index (χ3v) is 10.1. The lowest BCUT2D eigenvalue weighted by molar-refractivity contribution is -0.145. The summed E-state index contributed by atoms with van der Waals surface area (Å²) in [5, 5.41) is 11.3.